The predicted molar refractivity (Wildman–Crippen MR) is 93.1 cm³/mol. The second kappa shape index (κ2) is 6.65. The Labute approximate surface area is 138 Å². The van der Waals surface area contributed by atoms with E-state index in [1.165, 1.54) is 0 Å². The number of aryl methyl sites for hydroxylation is 1. The Morgan fingerprint density at radius 3 is 2.52 bits per heavy atom. The van der Waals surface area contributed by atoms with Crippen LogP contribution in [0.25, 0.3) is 5.57 Å². The fourth-order valence-electron chi connectivity index (χ4n) is 3.00. The third-order valence-electron chi connectivity index (χ3n) is 3.99. The van der Waals surface area contributed by atoms with Crippen LogP contribution in [-0.2, 0) is 0 Å². The molecule has 2 N–H and O–H groups in total. The number of allylic oxidation sites excluding steroid dienone is 2. The summed E-state index contributed by atoms with van der Waals surface area (Å²) >= 11 is 0. The molecule has 0 saturated heterocycles. The predicted octanol–water partition coefficient (Wildman–Crippen LogP) is 4.19. The van der Waals surface area contributed by atoms with E-state index in [-0.39, 0.29) is 17.2 Å². The Morgan fingerprint density at radius 1 is 1.30 bits per heavy atom. The molecule has 0 radical (unpaired) electrons. The van der Waals surface area contributed by atoms with Gasteiger partial charge in [0, 0.05) is 5.54 Å². The van der Waals surface area contributed by atoms with Gasteiger partial charge in [-0.2, -0.15) is 0 Å². The van der Waals surface area contributed by atoms with Crippen LogP contribution >= 0.6 is 0 Å². The molecule has 0 aromatic heterocycles. The molecule has 0 heterocycles. The molecule has 1 aromatic carbocycles. The minimum Gasteiger partial charge on any atom is -0.506 e. The van der Waals surface area contributed by atoms with Crippen LogP contribution in [0, 0.1) is 6.92 Å². The Kier molecular flexibility index (Phi) is 5.03. The van der Waals surface area contributed by atoms with Crippen LogP contribution in [0.15, 0.2) is 12.1 Å². The van der Waals surface area contributed by atoms with Gasteiger partial charge in [0.25, 0.3) is 5.91 Å². The first-order valence-corrected chi connectivity index (χ1v) is 8.17. The molecule has 0 atom stereocenters. The van der Waals surface area contributed by atoms with E-state index in [1.54, 1.807) is 13.2 Å². The van der Waals surface area contributed by atoms with Gasteiger partial charge in [-0.1, -0.05) is 6.08 Å². The fraction of sp³-hybridized carbons (Fsp3) is 0.526. The van der Waals surface area contributed by atoms with Crippen molar-refractivity contribution < 1.29 is 14.6 Å². The van der Waals surface area contributed by atoms with Crippen LogP contribution in [-0.4, -0.2) is 23.7 Å². The molecule has 0 unspecified atom stereocenters. The minimum absolute atomic E-state index is 0.0161. The lowest BCUT2D eigenvalue weighted by molar-refractivity contribution is 0.0916. The Bertz CT molecular complexity index is 639. The van der Waals surface area contributed by atoms with E-state index in [9.17, 15) is 9.90 Å². The van der Waals surface area contributed by atoms with Gasteiger partial charge in [-0.15, -0.1) is 0 Å². The van der Waals surface area contributed by atoms with Crippen molar-refractivity contribution in [3.63, 3.8) is 0 Å². The Morgan fingerprint density at radius 2 is 2.00 bits per heavy atom. The average Bonchev–Trinajstić information content (AvgIpc) is 2.47. The number of nitrogens with one attached hydrogen (secondary N) is 1. The molecular formula is C19H27NO3. The van der Waals surface area contributed by atoms with E-state index in [4.69, 9.17) is 4.74 Å². The lowest BCUT2D eigenvalue weighted by Crippen LogP contribution is -2.40. The molecule has 0 aliphatic heterocycles. The number of methoxy groups -OCH3 is 1. The topological polar surface area (TPSA) is 58.6 Å². The molecule has 0 bridgehead atoms. The van der Waals surface area contributed by atoms with Gasteiger partial charge in [0.1, 0.15) is 11.5 Å². The maximum atomic E-state index is 12.5. The number of carbonyl (C=O) groups excluding carboxylic acids is 1. The van der Waals surface area contributed by atoms with E-state index in [0.717, 1.165) is 36.8 Å². The minimum atomic E-state index is -0.359. The number of ether oxygens (including phenoxy) is 1. The summed E-state index contributed by atoms with van der Waals surface area (Å²) < 4.78 is 5.51. The van der Waals surface area contributed by atoms with Crippen molar-refractivity contribution in [3.05, 3.63) is 28.8 Å². The lowest BCUT2D eigenvalue weighted by atomic mass is 9.89. The first-order chi connectivity index (χ1) is 10.7. The molecule has 0 spiro atoms. The summed E-state index contributed by atoms with van der Waals surface area (Å²) in [5, 5.41) is 13.7. The third kappa shape index (κ3) is 3.87. The highest BCUT2D eigenvalue weighted by atomic mass is 16.5. The third-order valence-corrected chi connectivity index (χ3v) is 3.99. The zero-order chi connectivity index (χ0) is 17.2. The van der Waals surface area contributed by atoms with Gasteiger partial charge in [0.05, 0.1) is 18.2 Å². The highest BCUT2D eigenvalue weighted by molar-refractivity contribution is 6.00. The molecule has 4 heteroatoms. The van der Waals surface area contributed by atoms with Crippen molar-refractivity contribution in [2.24, 2.45) is 0 Å². The van der Waals surface area contributed by atoms with Gasteiger partial charge in [0.15, 0.2) is 0 Å². The summed E-state index contributed by atoms with van der Waals surface area (Å²) in [4.78, 5) is 12.5. The molecule has 2 rings (SSSR count). The van der Waals surface area contributed by atoms with Crippen LogP contribution in [0.3, 0.4) is 0 Å². The Balaban J connectivity index is 2.56. The first kappa shape index (κ1) is 17.4. The molecular weight excluding hydrogens is 290 g/mol. The normalized spacial score (nSPS) is 15.1. The second-order valence-corrected chi connectivity index (χ2v) is 7.18. The summed E-state index contributed by atoms with van der Waals surface area (Å²) in [7, 11) is 1.60. The number of rotatable bonds is 3. The molecule has 1 aromatic rings. The Hall–Kier alpha value is -1.97. The van der Waals surface area contributed by atoms with Crippen LogP contribution in [0.2, 0.25) is 0 Å². The molecule has 0 saturated carbocycles. The van der Waals surface area contributed by atoms with Gasteiger partial charge in [-0.25, -0.2) is 0 Å². The van der Waals surface area contributed by atoms with Crippen LogP contribution in [0.1, 0.15) is 67.9 Å². The van der Waals surface area contributed by atoms with Crippen molar-refractivity contribution in [1.29, 1.82) is 0 Å². The maximum Gasteiger partial charge on any atom is 0.255 e. The molecule has 1 amide bonds. The lowest BCUT2D eigenvalue weighted by Gasteiger charge is -2.23. The van der Waals surface area contributed by atoms with Gasteiger partial charge in [-0.3, -0.25) is 4.79 Å². The number of hydrogen-bond acceptors (Lipinski definition) is 3. The summed E-state index contributed by atoms with van der Waals surface area (Å²) in [6.07, 6.45) is 6.29. The van der Waals surface area contributed by atoms with Gasteiger partial charge < -0.3 is 15.2 Å². The highest BCUT2D eigenvalue weighted by Gasteiger charge is 2.25. The largest absolute Gasteiger partial charge is 0.506 e. The van der Waals surface area contributed by atoms with Crippen LogP contribution in [0.4, 0.5) is 0 Å². The monoisotopic (exact) mass is 317 g/mol. The van der Waals surface area contributed by atoms with Crippen molar-refractivity contribution >= 4 is 11.5 Å². The molecule has 0 fully saturated rings. The highest BCUT2D eigenvalue weighted by Crippen LogP contribution is 2.42. The summed E-state index contributed by atoms with van der Waals surface area (Å²) in [6.45, 7) is 7.66. The van der Waals surface area contributed by atoms with E-state index < -0.39 is 0 Å². The number of hydrogen-bond donors (Lipinski definition) is 2. The fourth-order valence-corrected chi connectivity index (χ4v) is 3.00. The van der Waals surface area contributed by atoms with Crippen molar-refractivity contribution in [3.8, 4) is 11.5 Å². The summed E-state index contributed by atoms with van der Waals surface area (Å²) in [5.74, 6) is 0.406. The molecule has 126 valence electrons. The quantitative estimate of drug-likeness (QED) is 0.878. The number of carbonyl (C=O) groups is 1. The summed E-state index contributed by atoms with van der Waals surface area (Å²) in [5.41, 5.74) is 2.54. The maximum absolute atomic E-state index is 12.5. The van der Waals surface area contributed by atoms with E-state index >= 15 is 0 Å². The van der Waals surface area contributed by atoms with Gasteiger partial charge in [-0.05, 0) is 70.6 Å². The first-order valence-electron chi connectivity index (χ1n) is 8.17. The standard InChI is InChI=1S/C19H27NO3/c1-12-11-14(18(22)20-19(2,3)4)16(21)15(17(12)23-5)13-9-7-6-8-10-13/h9,11,21H,6-8,10H2,1-5H3,(H,20,22). The smallest absolute Gasteiger partial charge is 0.255 e. The van der Waals surface area contributed by atoms with E-state index in [1.807, 2.05) is 27.7 Å². The van der Waals surface area contributed by atoms with Crippen LogP contribution < -0.4 is 10.1 Å². The number of aromatic hydroxyl groups is 1. The zero-order valence-electron chi connectivity index (χ0n) is 14.7. The molecule has 1 aliphatic carbocycles. The second-order valence-electron chi connectivity index (χ2n) is 7.18. The molecule has 4 nitrogen and oxygen atoms in total. The number of benzene rings is 1. The average molecular weight is 317 g/mol. The van der Waals surface area contributed by atoms with Gasteiger partial charge in [0.2, 0.25) is 0 Å². The van der Waals surface area contributed by atoms with Crippen LogP contribution in [0.5, 0.6) is 11.5 Å². The number of phenols is 1. The number of amides is 1. The van der Waals surface area contributed by atoms with Crippen molar-refractivity contribution in [2.75, 3.05) is 7.11 Å². The van der Waals surface area contributed by atoms with E-state index in [0.29, 0.717) is 16.9 Å². The van der Waals surface area contributed by atoms with E-state index in [2.05, 4.69) is 11.4 Å². The molecule has 23 heavy (non-hydrogen) atoms. The van der Waals surface area contributed by atoms with Gasteiger partial charge >= 0.3 is 0 Å². The SMILES string of the molecule is COc1c(C)cc(C(=O)NC(C)(C)C)c(O)c1C1=CCCCC1. The van der Waals surface area contributed by atoms with Crippen molar-refractivity contribution in [1.82, 2.24) is 5.32 Å². The number of phenolic OH excluding ortho intramolecular Hbond substituents is 1. The summed E-state index contributed by atoms with van der Waals surface area (Å²) in [6, 6.07) is 1.70. The zero-order valence-corrected chi connectivity index (χ0v) is 14.7. The van der Waals surface area contributed by atoms with Crippen molar-refractivity contribution in [2.45, 2.75) is 58.9 Å². The molecule has 1 aliphatic rings.